The Bertz CT molecular complexity index is 597. The van der Waals surface area contributed by atoms with E-state index in [-0.39, 0.29) is 18.2 Å². The third-order valence-electron chi connectivity index (χ3n) is 4.05. The van der Waals surface area contributed by atoms with Gasteiger partial charge in [-0.25, -0.2) is 4.98 Å². The van der Waals surface area contributed by atoms with Gasteiger partial charge in [-0.3, -0.25) is 4.90 Å². The van der Waals surface area contributed by atoms with Crippen molar-refractivity contribution in [1.82, 2.24) is 14.9 Å². The molecule has 1 aromatic carbocycles. The number of fused-ring (bicyclic) bond motifs is 1. The predicted molar refractivity (Wildman–Crippen MR) is 80.8 cm³/mol. The van der Waals surface area contributed by atoms with E-state index in [0.29, 0.717) is 0 Å². The normalized spacial score (nSPS) is 26.0. The Kier molecular flexibility index (Phi) is 3.52. The maximum Gasteiger partial charge on any atom is 0.124 e. The molecule has 3 unspecified atom stereocenters. The van der Waals surface area contributed by atoms with Crippen LogP contribution in [0.3, 0.4) is 0 Å². The van der Waals surface area contributed by atoms with Crippen LogP contribution in [0.2, 0.25) is 0 Å². The first kappa shape index (κ1) is 13.6. The minimum atomic E-state index is 0.285. The summed E-state index contributed by atoms with van der Waals surface area (Å²) in [7, 11) is 0. The van der Waals surface area contributed by atoms with Gasteiger partial charge < -0.3 is 9.72 Å². The molecule has 0 saturated carbocycles. The maximum absolute atomic E-state index is 5.80. The van der Waals surface area contributed by atoms with Crippen molar-refractivity contribution in [1.29, 1.82) is 0 Å². The molecule has 1 saturated heterocycles. The summed E-state index contributed by atoms with van der Waals surface area (Å²) < 4.78 is 5.80. The van der Waals surface area contributed by atoms with E-state index in [1.165, 1.54) is 5.56 Å². The first-order valence-electron chi connectivity index (χ1n) is 7.38. The molecule has 2 heterocycles. The smallest absolute Gasteiger partial charge is 0.124 e. The SMILES string of the molecule is Cc1ccc2nc(C(C)N3CC(C)OC(C)C3)[nH]c2c1. The number of H-pyrrole nitrogens is 1. The highest BCUT2D eigenvalue weighted by Gasteiger charge is 2.27. The van der Waals surface area contributed by atoms with Crippen molar-refractivity contribution in [3.63, 3.8) is 0 Å². The Morgan fingerprint density at radius 1 is 1.30 bits per heavy atom. The minimum Gasteiger partial charge on any atom is -0.373 e. The molecule has 0 amide bonds. The van der Waals surface area contributed by atoms with Crippen LogP contribution in [0.4, 0.5) is 0 Å². The number of nitrogens with one attached hydrogen (secondary N) is 1. The van der Waals surface area contributed by atoms with Gasteiger partial charge in [0.25, 0.3) is 0 Å². The van der Waals surface area contributed by atoms with Gasteiger partial charge >= 0.3 is 0 Å². The van der Waals surface area contributed by atoms with Gasteiger partial charge in [0.1, 0.15) is 5.82 Å². The molecule has 4 heteroatoms. The Morgan fingerprint density at radius 3 is 2.70 bits per heavy atom. The first-order valence-corrected chi connectivity index (χ1v) is 7.38. The molecule has 3 rings (SSSR count). The van der Waals surface area contributed by atoms with Crippen LogP contribution >= 0.6 is 0 Å². The molecule has 1 N–H and O–H groups in total. The largest absolute Gasteiger partial charge is 0.373 e. The Morgan fingerprint density at radius 2 is 2.00 bits per heavy atom. The number of aryl methyl sites for hydroxylation is 1. The molecule has 0 radical (unpaired) electrons. The Balaban J connectivity index is 1.86. The fourth-order valence-corrected chi connectivity index (χ4v) is 3.05. The summed E-state index contributed by atoms with van der Waals surface area (Å²) in [4.78, 5) is 10.7. The standard InChI is InChI=1S/C16H23N3O/c1-10-5-6-14-15(7-10)18-16(17-14)13(4)19-8-11(2)20-12(3)9-19/h5-7,11-13H,8-9H2,1-4H3,(H,17,18). The fraction of sp³-hybridized carbons (Fsp3) is 0.562. The summed E-state index contributed by atoms with van der Waals surface area (Å²) >= 11 is 0. The van der Waals surface area contributed by atoms with Crippen LogP contribution in [0.1, 0.15) is 38.2 Å². The van der Waals surface area contributed by atoms with Gasteiger partial charge in [0.15, 0.2) is 0 Å². The van der Waals surface area contributed by atoms with Crippen LogP contribution in [-0.2, 0) is 4.74 Å². The number of aromatic amines is 1. The molecule has 1 aliphatic heterocycles. The van der Waals surface area contributed by atoms with E-state index < -0.39 is 0 Å². The van der Waals surface area contributed by atoms with Crippen molar-refractivity contribution in [2.24, 2.45) is 0 Å². The van der Waals surface area contributed by atoms with Crippen molar-refractivity contribution in [3.8, 4) is 0 Å². The van der Waals surface area contributed by atoms with E-state index >= 15 is 0 Å². The molecule has 0 bridgehead atoms. The van der Waals surface area contributed by atoms with E-state index in [1.807, 2.05) is 0 Å². The molecule has 2 aromatic rings. The molecule has 4 nitrogen and oxygen atoms in total. The highest BCUT2D eigenvalue weighted by Crippen LogP contribution is 2.24. The summed E-state index contributed by atoms with van der Waals surface area (Å²) in [5.74, 6) is 1.05. The second-order valence-corrected chi connectivity index (χ2v) is 6.03. The second-order valence-electron chi connectivity index (χ2n) is 6.03. The molecule has 20 heavy (non-hydrogen) atoms. The Labute approximate surface area is 120 Å². The zero-order valence-corrected chi connectivity index (χ0v) is 12.7. The molecular formula is C16H23N3O. The average Bonchev–Trinajstić information content (AvgIpc) is 2.79. The van der Waals surface area contributed by atoms with Gasteiger partial charge in [0.05, 0.1) is 29.3 Å². The average molecular weight is 273 g/mol. The zero-order chi connectivity index (χ0) is 14.3. The number of hydrogen-bond acceptors (Lipinski definition) is 3. The summed E-state index contributed by atoms with van der Waals surface area (Å²) in [5.41, 5.74) is 3.43. The third kappa shape index (κ3) is 2.58. The first-order chi connectivity index (χ1) is 9.52. The van der Waals surface area contributed by atoms with Crippen molar-refractivity contribution >= 4 is 11.0 Å². The van der Waals surface area contributed by atoms with Crippen LogP contribution in [0.15, 0.2) is 18.2 Å². The van der Waals surface area contributed by atoms with Gasteiger partial charge in [0.2, 0.25) is 0 Å². The molecule has 0 aliphatic carbocycles. The molecular weight excluding hydrogens is 250 g/mol. The van der Waals surface area contributed by atoms with E-state index in [1.54, 1.807) is 0 Å². The lowest BCUT2D eigenvalue weighted by Crippen LogP contribution is -2.46. The van der Waals surface area contributed by atoms with Gasteiger partial charge in [-0.2, -0.15) is 0 Å². The molecule has 3 atom stereocenters. The molecule has 108 valence electrons. The van der Waals surface area contributed by atoms with Crippen molar-refractivity contribution in [2.75, 3.05) is 13.1 Å². The highest BCUT2D eigenvalue weighted by atomic mass is 16.5. The number of nitrogens with zero attached hydrogens (tertiary/aromatic N) is 2. The second kappa shape index (κ2) is 5.19. The fourth-order valence-electron chi connectivity index (χ4n) is 3.05. The maximum atomic E-state index is 5.80. The summed E-state index contributed by atoms with van der Waals surface area (Å²) in [5, 5.41) is 0. The van der Waals surface area contributed by atoms with E-state index in [9.17, 15) is 0 Å². The monoisotopic (exact) mass is 273 g/mol. The molecule has 1 aliphatic rings. The number of benzene rings is 1. The quantitative estimate of drug-likeness (QED) is 0.914. The van der Waals surface area contributed by atoms with E-state index in [0.717, 1.165) is 29.9 Å². The van der Waals surface area contributed by atoms with Crippen molar-refractivity contribution < 1.29 is 4.74 Å². The molecule has 1 aromatic heterocycles. The number of rotatable bonds is 2. The van der Waals surface area contributed by atoms with Gasteiger partial charge in [0, 0.05) is 13.1 Å². The number of hydrogen-bond donors (Lipinski definition) is 1. The summed E-state index contributed by atoms with van der Waals surface area (Å²) in [6.45, 7) is 10.5. The topological polar surface area (TPSA) is 41.2 Å². The van der Waals surface area contributed by atoms with Crippen LogP contribution in [0, 0.1) is 6.92 Å². The van der Waals surface area contributed by atoms with Crippen LogP contribution in [0.5, 0.6) is 0 Å². The molecule has 0 spiro atoms. The van der Waals surface area contributed by atoms with Crippen molar-refractivity contribution in [3.05, 3.63) is 29.6 Å². The third-order valence-corrected chi connectivity index (χ3v) is 4.05. The highest BCUT2D eigenvalue weighted by molar-refractivity contribution is 5.75. The van der Waals surface area contributed by atoms with E-state index in [2.05, 4.69) is 55.8 Å². The van der Waals surface area contributed by atoms with Gasteiger partial charge in [-0.05, 0) is 45.4 Å². The lowest BCUT2D eigenvalue weighted by atomic mass is 10.1. The predicted octanol–water partition coefficient (Wildman–Crippen LogP) is 3.04. The lowest BCUT2D eigenvalue weighted by molar-refractivity contribution is -0.0797. The summed E-state index contributed by atoms with van der Waals surface area (Å²) in [6, 6.07) is 6.64. The van der Waals surface area contributed by atoms with Crippen LogP contribution in [0.25, 0.3) is 11.0 Å². The Hall–Kier alpha value is -1.39. The molecule has 1 fully saturated rings. The lowest BCUT2D eigenvalue weighted by Gasteiger charge is -2.38. The number of morpholine rings is 1. The zero-order valence-electron chi connectivity index (χ0n) is 12.7. The number of aromatic nitrogens is 2. The van der Waals surface area contributed by atoms with E-state index in [4.69, 9.17) is 9.72 Å². The van der Waals surface area contributed by atoms with Crippen molar-refractivity contribution in [2.45, 2.75) is 45.9 Å². The minimum absolute atomic E-state index is 0.285. The number of ether oxygens (including phenoxy) is 1. The van der Waals surface area contributed by atoms with Gasteiger partial charge in [-0.15, -0.1) is 0 Å². The van der Waals surface area contributed by atoms with Crippen LogP contribution in [-0.4, -0.2) is 40.2 Å². The van der Waals surface area contributed by atoms with Crippen LogP contribution < -0.4 is 0 Å². The number of imidazole rings is 1. The van der Waals surface area contributed by atoms with Gasteiger partial charge in [-0.1, -0.05) is 6.07 Å². The summed E-state index contributed by atoms with van der Waals surface area (Å²) in [6.07, 6.45) is 0.570.